The van der Waals surface area contributed by atoms with E-state index in [2.05, 4.69) is 102 Å². The maximum Gasteiger partial charge on any atom is 0.0488 e. The molecule has 0 heterocycles. The van der Waals surface area contributed by atoms with Crippen molar-refractivity contribution in [1.82, 2.24) is 0 Å². The fourth-order valence-corrected chi connectivity index (χ4v) is 19.8. The predicted octanol–water partition coefficient (Wildman–Crippen LogP) is 6.12. The van der Waals surface area contributed by atoms with Crippen LogP contribution < -0.4 is 0 Å². The second-order valence-corrected chi connectivity index (χ2v) is 20.0. The Morgan fingerprint density at radius 2 is 0.917 bits per heavy atom. The normalized spacial score (nSPS) is 13.1. The maximum absolute atomic E-state index is 2.51. The molecule has 2 aromatic rings. The summed E-state index contributed by atoms with van der Waals surface area (Å²) in [5, 5.41) is 0. The molecule has 0 saturated heterocycles. The van der Waals surface area contributed by atoms with E-state index >= 15 is 0 Å². The Balaban J connectivity index is 2.51. The average molecular weight is 355 g/mol. The van der Waals surface area contributed by atoms with Gasteiger partial charge in [-0.2, -0.15) is 0 Å². The lowest BCUT2D eigenvalue weighted by Gasteiger charge is -2.45. The molecule has 0 aliphatic rings. The summed E-state index contributed by atoms with van der Waals surface area (Å²) in [5.41, 5.74) is 6.31. The molecule has 0 bridgehead atoms. The van der Waals surface area contributed by atoms with E-state index in [0.717, 1.165) is 16.6 Å². The molecule has 0 atom stereocenters. The molecule has 0 aliphatic heterocycles. The third-order valence-electron chi connectivity index (χ3n) is 6.19. The predicted molar refractivity (Wildman–Crippen MR) is 114 cm³/mol. The Hall–Kier alpha value is -1.13. The molecule has 0 N–H and O–H groups in total. The number of rotatable bonds is 7. The second-order valence-electron chi connectivity index (χ2n) is 8.15. The molecule has 0 saturated carbocycles. The third kappa shape index (κ3) is 3.92. The Morgan fingerprint density at radius 1 is 0.583 bits per heavy atom. The van der Waals surface area contributed by atoms with Crippen LogP contribution in [0.1, 0.15) is 58.2 Å². The first-order valence-electron chi connectivity index (χ1n) is 9.49. The maximum atomic E-state index is 2.51. The number of hydrogen-bond donors (Lipinski definition) is 0. The van der Waals surface area contributed by atoms with E-state index in [9.17, 15) is 0 Å². The number of benzene rings is 2. The Labute approximate surface area is 152 Å². The van der Waals surface area contributed by atoms with Gasteiger partial charge in [0.1, 0.15) is 0 Å². The molecule has 0 aromatic heterocycles. The van der Waals surface area contributed by atoms with Gasteiger partial charge in [0.2, 0.25) is 0 Å². The minimum Gasteiger partial charge on any atom is -0.0654 e. The van der Waals surface area contributed by atoms with Crippen molar-refractivity contribution >= 4 is 16.6 Å². The van der Waals surface area contributed by atoms with Gasteiger partial charge in [-0.25, -0.2) is 0 Å². The van der Waals surface area contributed by atoms with Gasteiger partial charge in [0.05, 0.1) is 0 Å². The van der Waals surface area contributed by atoms with Gasteiger partial charge in [-0.3, -0.25) is 0 Å². The van der Waals surface area contributed by atoms with Crippen LogP contribution in [0.15, 0.2) is 60.7 Å². The topological polar surface area (TPSA) is 0 Å². The quantitative estimate of drug-likeness (QED) is 0.525. The summed E-state index contributed by atoms with van der Waals surface area (Å²) in [6.07, 6.45) is 0. The zero-order valence-electron chi connectivity index (χ0n) is 16.3. The van der Waals surface area contributed by atoms with E-state index in [1.165, 1.54) is 11.1 Å². The van der Waals surface area contributed by atoms with E-state index in [4.69, 9.17) is 0 Å². The molecule has 0 unspecified atom stereocenters. The zero-order chi connectivity index (χ0) is 17.7. The van der Waals surface area contributed by atoms with Crippen molar-refractivity contribution in [3.8, 4) is 0 Å². The van der Waals surface area contributed by atoms with E-state index in [1.54, 1.807) is 0 Å². The molecular formula is C22H34Si2. The van der Waals surface area contributed by atoms with Crippen LogP contribution in [0.3, 0.4) is 0 Å². The van der Waals surface area contributed by atoms with Crippen LogP contribution in [-0.4, -0.2) is 16.6 Å². The van der Waals surface area contributed by atoms with E-state index < -0.39 is 7.59 Å². The van der Waals surface area contributed by atoms with Crippen molar-refractivity contribution in [2.75, 3.05) is 0 Å². The zero-order valence-corrected chi connectivity index (χ0v) is 18.7. The highest BCUT2D eigenvalue weighted by atomic mass is 29.2. The van der Waals surface area contributed by atoms with Gasteiger partial charge < -0.3 is 0 Å². The molecule has 0 nitrogen and oxygen atoms in total. The highest BCUT2D eigenvalue weighted by molar-refractivity contribution is 7.27. The lowest BCUT2D eigenvalue weighted by Crippen LogP contribution is -2.53. The van der Waals surface area contributed by atoms with Crippen LogP contribution in [0.4, 0.5) is 0 Å². The highest BCUT2D eigenvalue weighted by Crippen LogP contribution is 2.43. The van der Waals surface area contributed by atoms with Crippen molar-refractivity contribution < 1.29 is 0 Å². The van der Waals surface area contributed by atoms with E-state index in [1.807, 2.05) is 0 Å². The van der Waals surface area contributed by atoms with Gasteiger partial charge in [-0.1, -0.05) is 119 Å². The Kier molecular flexibility index (Phi) is 6.65. The monoisotopic (exact) mass is 354 g/mol. The van der Waals surface area contributed by atoms with Gasteiger partial charge >= 0.3 is 0 Å². The van der Waals surface area contributed by atoms with Crippen molar-refractivity contribution in [2.45, 2.75) is 63.7 Å². The summed E-state index contributed by atoms with van der Waals surface area (Å²) in [6, 6.07) is 22.5. The first-order chi connectivity index (χ1) is 11.4. The molecule has 0 spiro atoms. The molecule has 2 aromatic carbocycles. The molecule has 0 aliphatic carbocycles. The van der Waals surface area contributed by atoms with Gasteiger partial charge in [-0.05, 0) is 16.7 Å². The Morgan fingerprint density at radius 3 is 1.21 bits per heavy atom. The minimum absolute atomic E-state index is 0.268. The SMILES string of the molecule is CC(C)[Si]([SiH2]C(c1ccccc1)c1ccccc1)(C(C)C)C(C)C. The molecule has 0 amide bonds. The lowest BCUT2D eigenvalue weighted by atomic mass is 10.0. The Bertz CT molecular complexity index is 541. The molecule has 130 valence electrons. The van der Waals surface area contributed by atoms with Crippen LogP contribution in [0, 0.1) is 0 Å². The smallest absolute Gasteiger partial charge is 0.0488 e. The molecular weight excluding hydrogens is 320 g/mol. The number of hydrogen-bond acceptors (Lipinski definition) is 0. The van der Waals surface area contributed by atoms with Gasteiger partial charge in [0.25, 0.3) is 0 Å². The van der Waals surface area contributed by atoms with Crippen molar-refractivity contribution in [1.29, 1.82) is 0 Å². The standard InChI is InChI=1S/C22H34Si2/c1-17(2)24(18(3)4,19(5)6)23-22(20-13-9-7-10-14-20)21-15-11-8-12-16-21/h7-19,22H,23H2,1-6H3. The fraction of sp³-hybridized carbons (Fsp3) is 0.455. The van der Waals surface area contributed by atoms with E-state index in [0.29, 0.717) is 5.54 Å². The van der Waals surface area contributed by atoms with Crippen molar-refractivity contribution in [3.63, 3.8) is 0 Å². The van der Waals surface area contributed by atoms with Crippen LogP contribution in [0.25, 0.3) is 0 Å². The average Bonchev–Trinajstić information content (AvgIpc) is 2.56. The second kappa shape index (κ2) is 8.31. The largest absolute Gasteiger partial charge is 0.0654 e. The first-order valence-corrected chi connectivity index (χ1v) is 14.9. The van der Waals surface area contributed by atoms with Crippen molar-refractivity contribution in [3.05, 3.63) is 71.8 Å². The van der Waals surface area contributed by atoms with Crippen LogP contribution in [0.5, 0.6) is 0 Å². The molecule has 0 fully saturated rings. The highest BCUT2D eigenvalue weighted by Gasteiger charge is 2.44. The molecule has 2 rings (SSSR count). The van der Waals surface area contributed by atoms with Gasteiger partial charge in [0, 0.05) is 16.6 Å². The first kappa shape index (κ1) is 19.2. The third-order valence-corrected chi connectivity index (χ3v) is 25.4. The summed E-state index contributed by atoms with van der Waals surface area (Å²) in [7, 11) is -1.59. The summed E-state index contributed by atoms with van der Waals surface area (Å²) < 4.78 is 0. The minimum atomic E-state index is -1.32. The molecule has 24 heavy (non-hydrogen) atoms. The van der Waals surface area contributed by atoms with Crippen LogP contribution in [-0.2, 0) is 0 Å². The summed E-state index contributed by atoms with van der Waals surface area (Å²) in [4.78, 5) is 0. The van der Waals surface area contributed by atoms with E-state index in [-0.39, 0.29) is 9.04 Å². The van der Waals surface area contributed by atoms with Gasteiger partial charge in [0.15, 0.2) is 0 Å². The van der Waals surface area contributed by atoms with Crippen LogP contribution in [0.2, 0.25) is 16.6 Å². The summed E-state index contributed by atoms with van der Waals surface area (Å²) >= 11 is 0. The van der Waals surface area contributed by atoms with Crippen LogP contribution >= 0.6 is 0 Å². The fourth-order valence-electron chi connectivity index (χ4n) is 4.86. The summed E-state index contributed by atoms with van der Waals surface area (Å²) in [5.74, 6) is 0. The molecule has 0 radical (unpaired) electrons. The van der Waals surface area contributed by atoms with Crippen molar-refractivity contribution in [2.24, 2.45) is 0 Å². The van der Waals surface area contributed by atoms with Gasteiger partial charge in [-0.15, -0.1) is 0 Å². The lowest BCUT2D eigenvalue weighted by molar-refractivity contribution is 0.843. The molecule has 2 heteroatoms. The summed E-state index contributed by atoms with van der Waals surface area (Å²) in [6.45, 7) is 15.0.